The van der Waals surface area contributed by atoms with Crippen molar-refractivity contribution in [2.24, 2.45) is 5.92 Å². The number of nitrogens with one attached hydrogen (secondary N) is 1. The Balaban J connectivity index is 1.49. The lowest BCUT2D eigenvalue weighted by Gasteiger charge is -2.31. The zero-order valence-corrected chi connectivity index (χ0v) is 34.1. The molecule has 0 unspecified atom stereocenters. The van der Waals surface area contributed by atoms with E-state index in [-0.39, 0.29) is 48.1 Å². The highest BCUT2D eigenvalue weighted by Crippen LogP contribution is 2.49. The number of halogens is 1. The molecule has 1 fully saturated rings. The Kier molecular flexibility index (Phi) is 15.6. The predicted molar refractivity (Wildman–Crippen MR) is 214 cm³/mol. The number of fused-ring (bicyclic) bond motifs is 1. The second kappa shape index (κ2) is 20.6. The Morgan fingerprint density at radius 1 is 1.07 bits per heavy atom. The maximum Gasteiger partial charge on any atom is 0.508 e. The molecule has 0 spiro atoms. The van der Waals surface area contributed by atoms with Crippen LogP contribution in [0.1, 0.15) is 84.4 Å². The normalized spacial score (nSPS) is 19.4. The van der Waals surface area contributed by atoms with Gasteiger partial charge in [0.05, 0.1) is 12.9 Å². The van der Waals surface area contributed by atoms with Gasteiger partial charge >= 0.3 is 25.9 Å². The smallest absolute Gasteiger partial charge is 0.464 e. The molecule has 2 aromatic heterocycles. The van der Waals surface area contributed by atoms with Crippen LogP contribution in [0.2, 0.25) is 0 Å². The van der Waals surface area contributed by atoms with Crippen LogP contribution < -0.4 is 15.3 Å². The fourth-order valence-corrected chi connectivity index (χ4v) is 8.11. The highest BCUT2D eigenvalue weighted by atomic mass is 31.2. The Morgan fingerprint density at radius 2 is 1.74 bits per heavy atom. The van der Waals surface area contributed by atoms with Gasteiger partial charge in [-0.1, -0.05) is 108 Å². The van der Waals surface area contributed by atoms with Crippen molar-refractivity contribution in [3.63, 3.8) is 0 Å². The van der Waals surface area contributed by atoms with Crippen LogP contribution in [-0.4, -0.2) is 68.7 Å². The van der Waals surface area contributed by atoms with Gasteiger partial charge in [-0.25, -0.2) is 14.3 Å². The SMILES string of the molecule is C#C[C@]1(CO[P@@](=O)(N[C@@H](Cc2ccccc2)C(=O)OCC(CC)CC)Oc2ccccc2)O[C@@H](n2cnc3c(N)nc(F)nc32)C[C@@H]1OC(=O)OC(CCC)CCC. The monoisotopic (exact) mass is 822 g/mol. The molecular formula is C41H52FN6O9P. The molecule has 1 aliphatic rings. The van der Waals surface area contributed by atoms with E-state index in [9.17, 15) is 14.0 Å². The Hall–Kier alpha value is -5.07. The lowest BCUT2D eigenvalue weighted by atomic mass is 9.99. The second-order valence-corrected chi connectivity index (χ2v) is 15.8. The summed E-state index contributed by atoms with van der Waals surface area (Å²) in [5, 5.41) is 2.83. The van der Waals surface area contributed by atoms with Crippen LogP contribution in [0.3, 0.4) is 0 Å². The van der Waals surface area contributed by atoms with Crippen molar-refractivity contribution in [1.29, 1.82) is 0 Å². The maximum atomic E-state index is 15.0. The van der Waals surface area contributed by atoms with Gasteiger partial charge < -0.3 is 29.2 Å². The highest BCUT2D eigenvalue weighted by Gasteiger charge is 2.54. The van der Waals surface area contributed by atoms with E-state index in [1.54, 1.807) is 30.3 Å². The second-order valence-electron chi connectivity index (χ2n) is 14.1. The van der Waals surface area contributed by atoms with Crippen LogP contribution in [0, 0.1) is 24.3 Å². The fourth-order valence-electron chi connectivity index (χ4n) is 6.60. The molecule has 2 aromatic carbocycles. The van der Waals surface area contributed by atoms with E-state index in [1.165, 1.54) is 10.9 Å². The number of aromatic nitrogens is 4. The first-order valence-corrected chi connectivity index (χ1v) is 21.1. The standard InChI is InChI=1S/C41H52FN6O9P/c1-6-17-30(18-7-2)54-40(50)55-33-24-34(48-27-44-35-36(43)45-39(42)46-37(35)48)56-41(33,10-5)26-53-58(51,57-31-21-15-12-16-22-31)47-32(23-29-19-13-11-14-20-29)38(49)52-25-28(8-3)9-4/h5,11-16,19-22,27-28,30,32-34H,6-9,17-18,23-26H2,1-4H3,(H,47,51)(H2,43,45,46)/t32-,33-,34+,41+,58-/m0/s1. The van der Waals surface area contributed by atoms with Crippen molar-refractivity contribution in [1.82, 2.24) is 24.6 Å². The first-order valence-electron chi connectivity index (χ1n) is 19.6. The van der Waals surface area contributed by atoms with Gasteiger partial charge in [-0.05, 0) is 42.9 Å². The lowest BCUT2D eigenvalue weighted by molar-refractivity contribution is -0.147. The number of imidazole rings is 1. The van der Waals surface area contributed by atoms with E-state index in [2.05, 4.69) is 26.0 Å². The molecule has 0 amide bonds. The van der Waals surface area contributed by atoms with E-state index in [0.717, 1.165) is 31.2 Å². The van der Waals surface area contributed by atoms with Gasteiger partial charge in [0.15, 0.2) is 28.7 Å². The minimum atomic E-state index is -4.60. The van der Waals surface area contributed by atoms with Crippen molar-refractivity contribution in [2.75, 3.05) is 18.9 Å². The molecule has 5 rings (SSSR count). The number of carbonyl (C=O) groups is 2. The number of hydrogen-bond donors (Lipinski definition) is 2. The lowest BCUT2D eigenvalue weighted by Crippen LogP contribution is -2.46. The summed E-state index contributed by atoms with van der Waals surface area (Å²) in [4.78, 5) is 38.8. The van der Waals surface area contributed by atoms with Gasteiger partial charge in [-0.3, -0.25) is 13.9 Å². The predicted octanol–water partition coefficient (Wildman–Crippen LogP) is 7.71. The molecule has 0 radical (unpaired) electrons. The van der Waals surface area contributed by atoms with Crippen LogP contribution in [0.5, 0.6) is 5.75 Å². The number of nitrogens with two attached hydrogens (primary N) is 1. The number of rotatable bonds is 21. The summed E-state index contributed by atoms with van der Waals surface area (Å²) in [6, 6.07) is 16.1. The largest absolute Gasteiger partial charge is 0.508 e. The summed E-state index contributed by atoms with van der Waals surface area (Å²) in [7, 11) is -4.60. The van der Waals surface area contributed by atoms with Gasteiger partial charge in [0.2, 0.25) is 0 Å². The zero-order valence-electron chi connectivity index (χ0n) is 33.3. The van der Waals surface area contributed by atoms with Crippen molar-refractivity contribution >= 4 is 36.9 Å². The molecule has 1 aliphatic heterocycles. The number of carbonyl (C=O) groups excluding carboxylic acids is 2. The minimum absolute atomic E-state index is 0.00794. The summed E-state index contributed by atoms with van der Waals surface area (Å²) in [6.07, 6.45) is 6.94. The highest BCUT2D eigenvalue weighted by molar-refractivity contribution is 7.52. The molecule has 17 heteroatoms. The number of para-hydroxylation sites is 1. The third-order valence-electron chi connectivity index (χ3n) is 9.90. The van der Waals surface area contributed by atoms with Gasteiger partial charge in [-0.15, -0.1) is 6.42 Å². The molecule has 312 valence electrons. The molecule has 0 bridgehead atoms. The van der Waals surface area contributed by atoms with Crippen molar-refractivity contribution in [3.8, 4) is 18.1 Å². The minimum Gasteiger partial charge on any atom is -0.464 e. The third kappa shape index (κ3) is 11.3. The third-order valence-corrected chi connectivity index (χ3v) is 11.4. The van der Waals surface area contributed by atoms with Gasteiger partial charge in [0, 0.05) is 6.42 Å². The van der Waals surface area contributed by atoms with Gasteiger partial charge in [-0.2, -0.15) is 19.4 Å². The Labute approximate surface area is 338 Å². The molecule has 0 aliphatic carbocycles. The van der Waals surface area contributed by atoms with Gasteiger partial charge in [0.25, 0.3) is 0 Å². The molecule has 1 saturated heterocycles. The summed E-state index contributed by atoms with van der Waals surface area (Å²) in [6.45, 7) is 7.44. The van der Waals surface area contributed by atoms with Crippen LogP contribution >= 0.6 is 7.75 Å². The van der Waals surface area contributed by atoms with Crippen molar-refractivity contribution in [2.45, 2.75) is 109 Å². The number of anilines is 1. The number of esters is 1. The number of nitrogen functional groups attached to an aromatic ring is 1. The average molecular weight is 823 g/mol. The van der Waals surface area contributed by atoms with Crippen LogP contribution in [0.4, 0.5) is 15.0 Å². The summed E-state index contributed by atoms with van der Waals surface area (Å²) in [5.74, 6) is 1.97. The zero-order chi connectivity index (χ0) is 41.7. The summed E-state index contributed by atoms with van der Waals surface area (Å²) >= 11 is 0. The Morgan fingerprint density at radius 3 is 2.38 bits per heavy atom. The van der Waals surface area contributed by atoms with E-state index in [4.69, 9.17) is 40.2 Å². The summed E-state index contributed by atoms with van der Waals surface area (Å²) < 4.78 is 66.7. The summed E-state index contributed by atoms with van der Waals surface area (Å²) in [5.41, 5.74) is 4.81. The van der Waals surface area contributed by atoms with Crippen LogP contribution in [-0.2, 0) is 39.3 Å². The van der Waals surface area contributed by atoms with E-state index in [0.29, 0.717) is 12.8 Å². The quantitative estimate of drug-likeness (QED) is 0.0360. The van der Waals surface area contributed by atoms with E-state index < -0.39 is 62.6 Å². The van der Waals surface area contributed by atoms with Crippen LogP contribution in [0.25, 0.3) is 11.2 Å². The topological polar surface area (TPSA) is 188 Å². The molecule has 5 atom stereocenters. The average Bonchev–Trinajstić information content (AvgIpc) is 3.80. The van der Waals surface area contributed by atoms with E-state index in [1.807, 2.05) is 58.0 Å². The van der Waals surface area contributed by atoms with Crippen molar-refractivity contribution < 1.29 is 46.5 Å². The van der Waals surface area contributed by atoms with Crippen LogP contribution in [0.15, 0.2) is 67.0 Å². The molecule has 15 nitrogen and oxygen atoms in total. The molecule has 3 heterocycles. The molecule has 0 saturated carbocycles. The van der Waals surface area contributed by atoms with E-state index >= 15 is 4.57 Å². The Bertz CT molecular complexity index is 2040. The molecule has 3 N–H and O–H groups in total. The first-order chi connectivity index (χ1) is 27.9. The van der Waals surface area contributed by atoms with Gasteiger partial charge in [0.1, 0.15) is 30.7 Å². The number of nitrogens with zero attached hydrogens (tertiary/aromatic N) is 4. The molecule has 4 aromatic rings. The number of terminal acetylenes is 1. The molecule has 58 heavy (non-hydrogen) atoms. The maximum absolute atomic E-state index is 15.0. The fraction of sp³-hybridized carbons (Fsp3) is 0.488. The number of benzene rings is 2. The van der Waals surface area contributed by atoms with Crippen molar-refractivity contribution in [3.05, 3.63) is 78.6 Å². The molecular weight excluding hydrogens is 770 g/mol. The number of hydrogen-bond acceptors (Lipinski definition) is 13. The first kappa shape index (κ1) is 44.0. The number of ether oxygens (including phenoxy) is 4.